The van der Waals surface area contributed by atoms with E-state index in [1.807, 2.05) is 54.6 Å². The van der Waals surface area contributed by atoms with Crippen LogP contribution in [0.4, 0.5) is 57.4 Å². The zero-order chi connectivity index (χ0) is 58.6. The molecule has 1 aliphatic rings. The van der Waals surface area contributed by atoms with Crippen molar-refractivity contribution in [2.75, 3.05) is 59.8 Å². The SMILES string of the molecule is C1CCOC1.C=CC(=O)Nc1cccc(Nc2nc(Cl)ncc2OC)c1.C=CC(=O)Nc1cccc(Nc2nc(Nc3ccc(CCCC)cc3)ncc2OC)c1.CCCCc1ccc(N)cc1.CCCCc1ccc([N+](=O)[O-])cc1. The number of aromatic nitrogens is 4. The monoisotopic (exact) mass is 1120 g/mol. The molecule has 0 saturated carbocycles. The summed E-state index contributed by atoms with van der Waals surface area (Å²) in [5, 5.41) is 25.3. The van der Waals surface area contributed by atoms with Crippen LogP contribution in [0.1, 0.15) is 88.8 Å². The van der Waals surface area contributed by atoms with Gasteiger partial charge < -0.3 is 46.5 Å². The third kappa shape index (κ3) is 25.2. The summed E-state index contributed by atoms with van der Waals surface area (Å²) >= 11 is 5.77. The van der Waals surface area contributed by atoms with Crippen molar-refractivity contribution in [1.29, 1.82) is 0 Å². The molecule has 2 amide bonds. The van der Waals surface area contributed by atoms with Crippen LogP contribution in [0.5, 0.6) is 11.5 Å². The predicted molar refractivity (Wildman–Crippen MR) is 329 cm³/mol. The van der Waals surface area contributed by atoms with Crippen LogP contribution in [-0.4, -0.2) is 64.1 Å². The third-order valence-electron chi connectivity index (χ3n) is 11.7. The fourth-order valence-electron chi connectivity index (χ4n) is 7.27. The molecule has 81 heavy (non-hydrogen) atoms. The molecular formula is C62H76ClN11O7. The van der Waals surface area contributed by atoms with Crippen molar-refractivity contribution >= 4 is 80.8 Å². The molecule has 18 nitrogen and oxygen atoms in total. The van der Waals surface area contributed by atoms with Gasteiger partial charge in [0.05, 0.1) is 31.5 Å². The number of amides is 2. The molecule has 7 N–H and O–H groups in total. The van der Waals surface area contributed by atoms with Gasteiger partial charge >= 0.3 is 0 Å². The number of unbranched alkanes of at least 4 members (excludes halogenated alkanes) is 3. The lowest BCUT2D eigenvalue weighted by Gasteiger charge is -2.13. The molecule has 0 bridgehead atoms. The van der Waals surface area contributed by atoms with Gasteiger partial charge in [-0.05, 0) is 152 Å². The van der Waals surface area contributed by atoms with E-state index in [2.05, 4.69) is 105 Å². The van der Waals surface area contributed by atoms with Gasteiger partial charge in [0.25, 0.3) is 5.69 Å². The van der Waals surface area contributed by atoms with Crippen molar-refractivity contribution in [3.8, 4) is 11.5 Å². The largest absolute Gasteiger partial charge is 0.491 e. The first-order valence-electron chi connectivity index (χ1n) is 26.9. The topological polar surface area (TPSA) is 243 Å². The predicted octanol–water partition coefficient (Wildman–Crippen LogP) is 14.8. The minimum absolute atomic E-state index is 0.106. The van der Waals surface area contributed by atoms with Crippen molar-refractivity contribution in [2.24, 2.45) is 0 Å². The number of nitrogens with one attached hydrogen (secondary N) is 5. The second-order valence-electron chi connectivity index (χ2n) is 18.1. The van der Waals surface area contributed by atoms with Crippen molar-refractivity contribution in [2.45, 2.75) is 91.4 Å². The van der Waals surface area contributed by atoms with E-state index in [0.717, 1.165) is 56.0 Å². The van der Waals surface area contributed by atoms with E-state index in [-0.39, 0.29) is 27.7 Å². The first-order chi connectivity index (χ1) is 39.3. The van der Waals surface area contributed by atoms with Crippen molar-refractivity contribution < 1.29 is 28.7 Å². The number of rotatable bonds is 22. The van der Waals surface area contributed by atoms with E-state index in [0.29, 0.717) is 46.1 Å². The Hall–Kier alpha value is -8.87. The highest BCUT2D eigenvalue weighted by atomic mass is 35.5. The molecule has 0 unspecified atom stereocenters. The van der Waals surface area contributed by atoms with Gasteiger partial charge in [-0.2, -0.15) is 9.97 Å². The molecule has 7 aromatic rings. The number of nitrogen functional groups attached to an aromatic ring is 1. The zero-order valence-electron chi connectivity index (χ0n) is 47.0. The number of non-ortho nitro benzene ring substituents is 1. The molecule has 5 aromatic carbocycles. The number of halogens is 1. The van der Waals surface area contributed by atoms with E-state index in [9.17, 15) is 19.7 Å². The molecule has 3 heterocycles. The average molecular weight is 1120 g/mol. The summed E-state index contributed by atoms with van der Waals surface area (Å²) in [6, 6.07) is 37.6. The summed E-state index contributed by atoms with van der Waals surface area (Å²) in [7, 11) is 3.07. The summed E-state index contributed by atoms with van der Waals surface area (Å²) in [5.74, 6) is 1.79. The number of methoxy groups -OCH3 is 2. The Bertz CT molecular complexity index is 3010. The van der Waals surface area contributed by atoms with Gasteiger partial charge in [0.1, 0.15) is 0 Å². The molecule has 1 aliphatic heterocycles. The van der Waals surface area contributed by atoms with Crippen LogP contribution in [0.3, 0.4) is 0 Å². The van der Waals surface area contributed by atoms with Crippen LogP contribution in [-0.2, 0) is 33.6 Å². The normalized spacial score (nSPS) is 10.9. The van der Waals surface area contributed by atoms with Gasteiger partial charge in [0.2, 0.25) is 23.0 Å². The van der Waals surface area contributed by atoms with E-state index in [1.54, 1.807) is 55.8 Å². The molecule has 428 valence electrons. The maximum Gasteiger partial charge on any atom is 0.269 e. The lowest BCUT2D eigenvalue weighted by molar-refractivity contribution is -0.384. The number of anilines is 9. The Morgan fingerprint density at radius 3 is 1.48 bits per heavy atom. The smallest absolute Gasteiger partial charge is 0.269 e. The highest BCUT2D eigenvalue weighted by Gasteiger charge is 2.11. The first-order valence-corrected chi connectivity index (χ1v) is 27.3. The Morgan fingerprint density at radius 2 is 1.06 bits per heavy atom. The molecule has 0 spiro atoms. The molecular weight excluding hydrogens is 1050 g/mol. The van der Waals surface area contributed by atoms with Crippen LogP contribution >= 0.6 is 11.6 Å². The standard InChI is InChI=1S/C24H27N5O2.C14H13ClN4O2.C10H13NO2.C10H15N.C4H8O/c1-4-6-8-17-11-13-18(14-12-17)28-24-25-16-21(31-3)23(29-24)27-20-10-7-9-19(15-20)26-22(30)5-2;1-3-12(20)17-9-5-4-6-10(7-9)18-13-11(21-2)8-16-14(15)19-13;1-2-3-4-9-5-7-10(8-6-9)11(12)13;1-2-3-4-9-5-7-10(11)8-6-9;1-2-4-5-3-1/h5,7,9-16H,2,4,6,8H2,1,3H3,(H,26,30)(H2,25,27,28,29);3-8H,1H2,2H3,(H,17,20)(H,16,18,19);5-8H,2-4H2,1H3;5-8H,2-4,11H2,1H3;1-4H2. The Morgan fingerprint density at radius 1 is 0.630 bits per heavy atom. The first kappa shape index (κ1) is 64.7. The van der Waals surface area contributed by atoms with Gasteiger partial charge in [0.15, 0.2) is 23.1 Å². The third-order valence-corrected chi connectivity index (χ3v) is 11.9. The summed E-state index contributed by atoms with van der Waals surface area (Å²) in [5.41, 5.74) is 14.1. The maximum absolute atomic E-state index is 11.5. The number of carbonyl (C=O) groups excluding carboxylic acids is 2. The molecule has 0 atom stereocenters. The number of carbonyl (C=O) groups is 2. The van der Waals surface area contributed by atoms with Gasteiger partial charge in [-0.3, -0.25) is 19.7 Å². The zero-order valence-corrected chi connectivity index (χ0v) is 47.8. The van der Waals surface area contributed by atoms with Crippen LogP contribution < -0.4 is 41.8 Å². The number of nitro groups is 1. The maximum atomic E-state index is 11.5. The van der Waals surface area contributed by atoms with E-state index < -0.39 is 0 Å². The van der Waals surface area contributed by atoms with E-state index >= 15 is 0 Å². The minimum Gasteiger partial charge on any atom is -0.491 e. The number of benzene rings is 5. The van der Waals surface area contributed by atoms with Crippen molar-refractivity contribution in [3.63, 3.8) is 0 Å². The second kappa shape index (κ2) is 37.1. The number of nitrogens with zero attached hydrogens (tertiary/aromatic N) is 5. The minimum atomic E-state index is -0.371. The molecule has 1 fully saturated rings. The van der Waals surface area contributed by atoms with Gasteiger partial charge in [-0.15, -0.1) is 0 Å². The number of aryl methyl sites for hydroxylation is 3. The van der Waals surface area contributed by atoms with Gasteiger partial charge in [0, 0.05) is 59.5 Å². The number of nitrogens with two attached hydrogens (primary N) is 1. The number of hydrogen-bond acceptors (Lipinski definition) is 15. The molecule has 0 aliphatic carbocycles. The van der Waals surface area contributed by atoms with Gasteiger partial charge in [-0.25, -0.2) is 9.97 Å². The quantitative estimate of drug-likeness (QED) is 0.0122. The summed E-state index contributed by atoms with van der Waals surface area (Å²) in [6.45, 7) is 15.4. The second-order valence-corrected chi connectivity index (χ2v) is 18.4. The molecule has 0 radical (unpaired) electrons. The van der Waals surface area contributed by atoms with Crippen LogP contribution in [0, 0.1) is 10.1 Å². The van der Waals surface area contributed by atoms with E-state index in [1.165, 1.54) is 87.1 Å². The van der Waals surface area contributed by atoms with Crippen LogP contribution in [0.15, 0.2) is 159 Å². The number of ether oxygens (including phenoxy) is 3. The Kier molecular flexibility index (Phi) is 29.6. The summed E-state index contributed by atoms with van der Waals surface area (Å²) in [4.78, 5) is 49.6. The fraction of sp³-hybridized carbons (Fsp3) is 0.290. The molecule has 8 rings (SSSR count). The average Bonchev–Trinajstić information content (AvgIpc) is 4.09. The van der Waals surface area contributed by atoms with Crippen LogP contribution in [0.25, 0.3) is 0 Å². The lowest BCUT2D eigenvalue weighted by atomic mass is 10.1. The van der Waals surface area contributed by atoms with Crippen molar-refractivity contribution in [3.05, 3.63) is 191 Å². The summed E-state index contributed by atoms with van der Waals surface area (Å²) in [6.07, 6.45) is 18.5. The Balaban J connectivity index is 0.000000242. The highest BCUT2D eigenvalue weighted by Crippen LogP contribution is 2.29. The Labute approximate surface area is 481 Å². The number of nitro benzene ring substituents is 1. The number of hydrogen-bond donors (Lipinski definition) is 6. The van der Waals surface area contributed by atoms with Crippen molar-refractivity contribution in [1.82, 2.24) is 19.9 Å². The van der Waals surface area contributed by atoms with Crippen LogP contribution in [0.2, 0.25) is 5.28 Å². The highest BCUT2D eigenvalue weighted by molar-refractivity contribution is 6.28. The molecule has 2 aromatic heterocycles. The lowest BCUT2D eigenvalue weighted by Crippen LogP contribution is -2.07. The van der Waals surface area contributed by atoms with Gasteiger partial charge in [-0.1, -0.05) is 102 Å². The van der Waals surface area contributed by atoms with E-state index in [4.69, 9.17) is 31.5 Å². The summed E-state index contributed by atoms with van der Waals surface area (Å²) < 4.78 is 15.5. The fourth-order valence-corrected chi connectivity index (χ4v) is 7.41. The molecule has 1 saturated heterocycles. The molecule has 19 heteroatoms.